The first-order valence-electron chi connectivity index (χ1n) is 6.47. The van der Waals surface area contributed by atoms with Gasteiger partial charge in [-0.1, -0.05) is 15.9 Å². The molecule has 0 atom stereocenters. The molecule has 1 N–H and O–H groups in total. The third-order valence-electron chi connectivity index (χ3n) is 3.17. The summed E-state index contributed by atoms with van der Waals surface area (Å²) in [6.07, 6.45) is 0.438. The van der Waals surface area contributed by atoms with E-state index in [1.54, 1.807) is 0 Å². The summed E-state index contributed by atoms with van der Waals surface area (Å²) in [5.41, 5.74) is -0.112. The number of benzene rings is 1. The molecule has 1 aliphatic heterocycles. The van der Waals surface area contributed by atoms with Crippen LogP contribution in [0, 0.1) is 5.41 Å². The highest BCUT2D eigenvalue weighted by Crippen LogP contribution is 2.28. The zero-order valence-electron chi connectivity index (χ0n) is 11.1. The molecular weight excluding hydrogens is 342 g/mol. The van der Waals surface area contributed by atoms with Crippen LogP contribution in [0.5, 0.6) is 5.75 Å². The van der Waals surface area contributed by atoms with Gasteiger partial charge in [-0.05, 0) is 30.0 Å². The lowest BCUT2D eigenvalue weighted by Gasteiger charge is -2.41. The number of halogens is 1. The van der Waals surface area contributed by atoms with E-state index in [4.69, 9.17) is 9.47 Å². The van der Waals surface area contributed by atoms with E-state index in [-0.39, 0.29) is 11.3 Å². The van der Waals surface area contributed by atoms with Crippen molar-refractivity contribution in [1.29, 1.82) is 0 Å². The minimum Gasteiger partial charge on any atom is -0.493 e. The second-order valence-electron chi connectivity index (χ2n) is 4.99. The molecule has 0 unspecified atom stereocenters. The summed E-state index contributed by atoms with van der Waals surface area (Å²) in [7, 11) is 0. The van der Waals surface area contributed by atoms with Crippen molar-refractivity contribution in [2.75, 3.05) is 32.1 Å². The summed E-state index contributed by atoms with van der Waals surface area (Å²) in [5.74, 6) is 1.40. The number of thiol groups is 1. The first-order chi connectivity index (χ1) is 9.63. The molecule has 0 aliphatic carbocycles. The first kappa shape index (κ1) is 15.7. The van der Waals surface area contributed by atoms with Crippen molar-refractivity contribution >= 4 is 34.5 Å². The van der Waals surface area contributed by atoms with E-state index in [0.29, 0.717) is 38.5 Å². The molecule has 4 nitrogen and oxygen atoms in total. The lowest BCUT2D eigenvalue weighted by atomic mass is 9.87. The predicted molar refractivity (Wildman–Crippen MR) is 84.4 cm³/mol. The summed E-state index contributed by atoms with van der Waals surface area (Å²) >= 11 is 7.43. The van der Waals surface area contributed by atoms with Crippen LogP contribution in [0.2, 0.25) is 0 Å². The monoisotopic (exact) mass is 359 g/mol. The van der Waals surface area contributed by atoms with E-state index in [1.807, 2.05) is 24.3 Å². The lowest BCUT2D eigenvalue weighted by Crippen LogP contribution is -2.54. The number of hydrogen-bond donors (Lipinski definition) is 2. The second-order valence-corrected chi connectivity index (χ2v) is 6.35. The van der Waals surface area contributed by atoms with Gasteiger partial charge in [0.2, 0.25) is 5.91 Å². The van der Waals surface area contributed by atoms with Gasteiger partial charge in [-0.3, -0.25) is 4.79 Å². The van der Waals surface area contributed by atoms with Crippen LogP contribution >= 0.6 is 28.6 Å². The molecule has 0 radical (unpaired) electrons. The van der Waals surface area contributed by atoms with Crippen LogP contribution in [0.4, 0.5) is 0 Å². The fourth-order valence-electron chi connectivity index (χ4n) is 1.87. The Bertz CT molecular complexity index is 448. The van der Waals surface area contributed by atoms with Crippen molar-refractivity contribution in [1.82, 2.24) is 5.32 Å². The minimum absolute atomic E-state index is 0.0231. The van der Waals surface area contributed by atoms with Gasteiger partial charge in [0.15, 0.2) is 0 Å². The third-order valence-corrected chi connectivity index (χ3v) is 3.93. The maximum Gasteiger partial charge on any atom is 0.220 e. The van der Waals surface area contributed by atoms with Crippen molar-refractivity contribution in [3.05, 3.63) is 28.7 Å². The van der Waals surface area contributed by atoms with E-state index in [1.165, 1.54) is 0 Å². The van der Waals surface area contributed by atoms with Crippen LogP contribution in [-0.2, 0) is 9.53 Å². The predicted octanol–water partition coefficient (Wildman–Crippen LogP) is 2.28. The van der Waals surface area contributed by atoms with Gasteiger partial charge in [-0.2, -0.15) is 12.6 Å². The van der Waals surface area contributed by atoms with Gasteiger partial charge in [0.1, 0.15) is 5.75 Å². The molecule has 0 saturated carbocycles. The molecule has 20 heavy (non-hydrogen) atoms. The largest absolute Gasteiger partial charge is 0.493 e. The van der Waals surface area contributed by atoms with Gasteiger partial charge in [-0.25, -0.2) is 0 Å². The first-order valence-corrected chi connectivity index (χ1v) is 7.90. The molecule has 1 aromatic carbocycles. The van der Waals surface area contributed by atoms with Crippen LogP contribution < -0.4 is 10.1 Å². The normalized spacial score (nSPS) is 16.3. The number of carbonyl (C=O) groups is 1. The van der Waals surface area contributed by atoms with Gasteiger partial charge in [-0.15, -0.1) is 0 Å². The molecule has 1 aliphatic rings. The molecule has 0 bridgehead atoms. The SMILES string of the molecule is O=C(CCS)NCC1(COc2ccc(Br)cc2)COC1. The number of hydrogen-bond acceptors (Lipinski definition) is 4. The molecule has 1 amide bonds. The van der Waals surface area contributed by atoms with Crippen molar-refractivity contribution < 1.29 is 14.3 Å². The van der Waals surface area contributed by atoms with Crippen LogP contribution in [0.1, 0.15) is 6.42 Å². The highest BCUT2D eigenvalue weighted by molar-refractivity contribution is 9.10. The number of amides is 1. The molecule has 1 fully saturated rings. The fourth-order valence-corrected chi connectivity index (χ4v) is 2.34. The smallest absolute Gasteiger partial charge is 0.220 e. The fraction of sp³-hybridized carbons (Fsp3) is 0.500. The molecule has 1 heterocycles. The van der Waals surface area contributed by atoms with Gasteiger partial charge in [0.05, 0.1) is 25.2 Å². The molecular formula is C14H18BrNO3S. The maximum atomic E-state index is 11.5. The Morgan fingerprint density at radius 3 is 2.65 bits per heavy atom. The Morgan fingerprint density at radius 1 is 1.40 bits per heavy atom. The average Bonchev–Trinajstić information content (AvgIpc) is 2.39. The lowest BCUT2D eigenvalue weighted by molar-refractivity contribution is -0.137. The van der Waals surface area contributed by atoms with E-state index >= 15 is 0 Å². The van der Waals surface area contributed by atoms with Crippen molar-refractivity contribution in [2.45, 2.75) is 6.42 Å². The molecule has 6 heteroatoms. The second kappa shape index (κ2) is 7.33. The molecule has 2 rings (SSSR count). The van der Waals surface area contributed by atoms with Crippen molar-refractivity contribution in [3.63, 3.8) is 0 Å². The Kier molecular flexibility index (Phi) is 5.74. The molecule has 0 aromatic heterocycles. The number of carbonyl (C=O) groups excluding carboxylic acids is 1. The topological polar surface area (TPSA) is 47.6 Å². The standard InChI is InChI=1S/C14H18BrNO3S/c15-11-1-3-12(4-2-11)19-10-14(8-18-9-14)7-16-13(17)5-6-20/h1-4,20H,5-10H2,(H,16,17). The van der Waals surface area contributed by atoms with Crippen LogP contribution in [-0.4, -0.2) is 38.0 Å². The summed E-state index contributed by atoms with van der Waals surface area (Å²) in [6, 6.07) is 7.70. The molecule has 110 valence electrons. The van der Waals surface area contributed by atoms with E-state index < -0.39 is 0 Å². The zero-order chi connectivity index (χ0) is 14.4. The van der Waals surface area contributed by atoms with E-state index in [0.717, 1.165) is 10.2 Å². The van der Waals surface area contributed by atoms with Gasteiger partial charge >= 0.3 is 0 Å². The Labute approximate surface area is 132 Å². The Hall–Kier alpha value is -0.720. The van der Waals surface area contributed by atoms with Crippen LogP contribution in [0.15, 0.2) is 28.7 Å². The molecule has 1 saturated heterocycles. The Balaban J connectivity index is 1.82. The van der Waals surface area contributed by atoms with Crippen molar-refractivity contribution in [3.8, 4) is 5.75 Å². The summed E-state index contributed by atoms with van der Waals surface area (Å²) in [6.45, 7) is 2.35. The average molecular weight is 360 g/mol. The van der Waals surface area contributed by atoms with Gasteiger partial charge in [0, 0.05) is 17.4 Å². The summed E-state index contributed by atoms with van der Waals surface area (Å²) < 4.78 is 12.1. The maximum absolute atomic E-state index is 11.5. The highest BCUT2D eigenvalue weighted by Gasteiger charge is 2.39. The van der Waals surface area contributed by atoms with E-state index in [2.05, 4.69) is 33.9 Å². The quantitative estimate of drug-likeness (QED) is 0.734. The third kappa shape index (κ3) is 4.40. The van der Waals surface area contributed by atoms with Crippen LogP contribution in [0.25, 0.3) is 0 Å². The highest BCUT2D eigenvalue weighted by atomic mass is 79.9. The van der Waals surface area contributed by atoms with Crippen molar-refractivity contribution in [2.24, 2.45) is 5.41 Å². The summed E-state index contributed by atoms with van der Waals surface area (Å²) in [4.78, 5) is 11.5. The minimum atomic E-state index is -0.112. The number of nitrogens with one attached hydrogen (secondary N) is 1. The van der Waals surface area contributed by atoms with Crippen LogP contribution in [0.3, 0.4) is 0 Å². The Morgan fingerprint density at radius 2 is 2.10 bits per heavy atom. The molecule has 0 spiro atoms. The van der Waals surface area contributed by atoms with Gasteiger partial charge in [0.25, 0.3) is 0 Å². The zero-order valence-corrected chi connectivity index (χ0v) is 13.6. The molecule has 1 aromatic rings. The number of ether oxygens (including phenoxy) is 2. The summed E-state index contributed by atoms with van der Waals surface area (Å²) in [5, 5.41) is 2.92. The number of rotatable bonds is 7. The van der Waals surface area contributed by atoms with Gasteiger partial charge < -0.3 is 14.8 Å². The van der Waals surface area contributed by atoms with E-state index in [9.17, 15) is 4.79 Å².